The van der Waals surface area contributed by atoms with Crippen LogP contribution in [-0.4, -0.2) is 4.89 Å². The van der Waals surface area contributed by atoms with Gasteiger partial charge in [0.25, 0.3) is 0 Å². The van der Waals surface area contributed by atoms with Gasteiger partial charge >= 0.3 is 5.77 Å². The molecule has 0 aromatic heterocycles. The zero-order valence-electron chi connectivity index (χ0n) is 9.90. The Morgan fingerprint density at radius 1 is 0.850 bits per heavy atom. The van der Waals surface area contributed by atoms with E-state index in [1.54, 1.807) is 48.5 Å². The van der Waals surface area contributed by atoms with Crippen LogP contribution in [0.4, 0.5) is 0 Å². The van der Waals surface area contributed by atoms with Gasteiger partial charge in [-0.15, -0.1) is 12.4 Å². The van der Waals surface area contributed by atoms with Gasteiger partial charge in [0, 0.05) is 9.79 Å². The third kappa shape index (κ3) is 5.19. The lowest BCUT2D eigenvalue weighted by atomic mass is 10.4. The van der Waals surface area contributed by atoms with Crippen LogP contribution in [0.15, 0.2) is 58.3 Å². The van der Waals surface area contributed by atoms with E-state index in [9.17, 15) is 9.46 Å². The van der Waals surface area contributed by atoms with Crippen molar-refractivity contribution in [2.45, 2.75) is 9.79 Å². The Balaban J connectivity index is 0.00000200. The molecule has 0 aliphatic heterocycles. The lowest BCUT2D eigenvalue weighted by molar-refractivity contribution is 0.514. The summed E-state index contributed by atoms with van der Waals surface area (Å²) in [6.07, 6.45) is 0. The minimum Gasteiger partial charge on any atom is -0.329 e. The second-order valence-corrected chi connectivity index (χ2v) is 11.3. The van der Waals surface area contributed by atoms with Gasteiger partial charge in [-0.2, -0.15) is 0 Å². The summed E-state index contributed by atoms with van der Waals surface area (Å²) in [6.45, 7) is 0. The standard InChI is InChI=1S/C12H9Cl2O2PS2.ClH/c13-9-5-1-3-7-11(9)18-17(15,16)19-12-8-4-2-6-10(12)14;/h1-8H,(H,15,16);1H. The molecule has 0 saturated carbocycles. The van der Waals surface area contributed by atoms with Crippen LogP contribution >= 0.6 is 64.1 Å². The molecule has 108 valence electrons. The second-order valence-electron chi connectivity index (χ2n) is 3.51. The van der Waals surface area contributed by atoms with Gasteiger partial charge in [-0.1, -0.05) is 47.5 Å². The highest BCUT2D eigenvalue weighted by molar-refractivity contribution is 8.89. The fraction of sp³-hybridized carbons (Fsp3) is 0. The number of benzene rings is 2. The van der Waals surface area contributed by atoms with Crippen LogP contribution in [0.2, 0.25) is 10.0 Å². The van der Waals surface area contributed by atoms with Crippen LogP contribution in [0.1, 0.15) is 0 Å². The van der Waals surface area contributed by atoms with E-state index < -0.39 is 5.77 Å². The van der Waals surface area contributed by atoms with E-state index >= 15 is 0 Å². The normalized spacial score (nSPS) is 10.9. The molecule has 20 heavy (non-hydrogen) atoms. The molecule has 0 bridgehead atoms. The van der Waals surface area contributed by atoms with E-state index in [0.717, 1.165) is 22.8 Å². The Kier molecular flexibility index (Phi) is 7.30. The van der Waals surface area contributed by atoms with Crippen molar-refractivity contribution in [3.63, 3.8) is 0 Å². The lowest BCUT2D eigenvalue weighted by Crippen LogP contribution is -1.76. The highest BCUT2D eigenvalue weighted by Crippen LogP contribution is 2.71. The molecule has 0 unspecified atom stereocenters. The Hall–Kier alpha value is 0.200. The van der Waals surface area contributed by atoms with Crippen LogP contribution in [0.25, 0.3) is 0 Å². The monoisotopic (exact) mass is 386 g/mol. The maximum absolute atomic E-state index is 12.2. The van der Waals surface area contributed by atoms with E-state index in [0.29, 0.717) is 19.8 Å². The van der Waals surface area contributed by atoms with Crippen molar-refractivity contribution in [3.05, 3.63) is 58.6 Å². The second kappa shape index (κ2) is 8.00. The SMILES string of the molecule is Cl.O=P(O)(Sc1ccccc1Cl)Sc1ccccc1Cl. The largest absolute Gasteiger partial charge is 0.329 e. The molecule has 0 aliphatic carbocycles. The van der Waals surface area contributed by atoms with Crippen molar-refractivity contribution in [2.24, 2.45) is 0 Å². The molecule has 0 aliphatic rings. The molecule has 0 heterocycles. The van der Waals surface area contributed by atoms with Crippen LogP contribution in [-0.2, 0) is 4.57 Å². The molecule has 2 aromatic carbocycles. The molecule has 0 radical (unpaired) electrons. The zero-order valence-corrected chi connectivity index (χ0v) is 14.8. The smallest absolute Gasteiger partial charge is 0.320 e. The molecular weight excluding hydrogens is 378 g/mol. The van der Waals surface area contributed by atoms with E-state index in [1.807, 2.05) is 0 Å². The molecule has 0 fully saturated rings. The number of rotatable bonds is 4. The summed E-state index contributed by atoms with van der Waals surface area (Å²) in [7, 11) is 0. The van der Waals surface area contributed by atoms with Gasteiger partial charge in [0.15, 0.2) is 0 Å². The van der Waals surface area contributed by atoms with E-state index in [2.05, 4.69) is 0 Å². The first-order chi connectivity index (χ1) is 8.98. The molecule has 0 saturated heterocycles. The van der Waals surface area contributed by atoms with E-state index in [-0.39, 0.29) is 12.4 Å². The Morgan fingerprint density at radius 3 is 1.55 bits per heavy atom. The average Bonchev–Trinajstić information content (AvgIpc) is 2.35. The molecule has 0 amide bonds. The molecule has 1 N–H and O–H groups in total. The predicted octanol–water partition coefficient (Wildman–Crippen LogP) is 6.40. The molecule has 2 nitrogen and oxygen atoms in total. The Labute approximate surface area is 141 Å². The van der Waals surface area contributed by atoms with Gasteiger partial charge in [-0.25, -0.2) is 0 Å². The van der Waals surface area contributed by atoms with Crippen LogP contribution in [0.5, 0.6) is 0 Å². The summed E-state index contributed by atoms with van der Waals surface area (Å²) in [5.41, 5.74) is 0. The summed E-state index contributed by atoms with van der Waals surface area (Å²) in [4.78, 5) is 11.2. The fourth-order valence-corrected chi connectivity index (χ4v) is 7.59. The summed E-state index contributed by atoms with van der Waals surface area (Å²) in [6, 6.07) is 13.9. The van der Waals surface area contributed by atoms with Crippen molar-refractivity contribution >= 4 is 64.1 Å². The van der Waals surface area contributed by atoms with E-state index in [1.165, 1.54) is 0 Å². The first-order valence-corrected chi connectivity index (χ1v) is 10.4. The molecule has 0 atom stereocenters. The fourth-order valence-electron chi connectivity index (χ4n) is 1.30. The number of hydrogen-bond donors (Lipinski definition) is 1. The molecule has 2 aromatic rings. The van der Waals surface area contributed by atoms with Crippen molar-refractivity contribution in [1.29, 1.82) is 0 Å². The third-order valence-electron chi connectivity index (χ3n) is 2.10. The summed E-state index contributed by atoms with van der Waals surface area (Å²) in [5.74, 6) is -3.53. The minimum absolute atomic E-state index is 0. The van der Waals surface area contributed by atoms with Crippen molar-refractivity contribution < 1.29 is 9.46 Å². The Bertz CT molecular complexity index is 588. The van der Waals surface area contributed by atoms with Crippen LogP contribution < -0.4 is 0 Å². The quantitative estimate of drug-likeness (QED) is 0.616. The topological polar surface area (TPSA) is 37.3 Å². The maximum Gasteiger partial charge on any atom is 0.320 e. The van der Waals surface area contributed by atoms with Crippen LogP contribution in [0.3, 0.4) is 0 Å². The summed E-state index contributed by atoms with van der Waals surface area (Å²) >= 11 is 13.7. The van der Waals surface area contributed by atoms with Gasteiger partial charge < -0.3 is 4.89 Å². The number of halogens is 3. The van der Waals surface area contributed by atoms with Gasteiger partial charge in [0.2, 0.25) is 0 Å². The summed E-state index contributed by atoms with van der Waals surface area (Å²) < 4.78 is 12.2. The van der Waals surface area contributed by atoms with Gasteiger partial charge in [0.1, 0.15) is 0 Å². The van der Waals surface area contributed by atoms with Gasteiger partial charge in [0.05, 0.1) is 10.0 Å². The van der Waals surface area contributed by atoms with Gasteiger partial charge in [-0.05, 0) is 47.0 Å². The third-order valence-corrected chi connectivity index (χ3v) is 8.46. The minimum atomic E-state index is -3.53. The van der Waals surface area contributed by atoms with Gasteiger partial charge in [-0.3, -0.25) is 4.57 Å². The van der Waals surface area contributed by atoms with Crippen LogP contribution in [0, 0.1) is 0 Å². The average molecular weight is 388 g/mol. The van der Waals surface area contributed by atoms with E-state index in [4.69, 9.17) is 23.2 Å². The first kappa shape index (κ1) is 18.2. The predicted molar refractivity (Wildman–Crippen MR) is 91.7 cm³/mol. The molecule has 2 rings (SSSR count). The van der Waals surface area contributed by atoms with Crippen molar-refractivity contribution in [3.8, 4) is 0 Å². The highest BCUT2D eigenvalue weighted by atomic mass is 35.5. The molecule has 8 heteroatoms. The molecular formula is C12H10Cl3O2PS2. The molecule has 0 spiro atoms. The number of hydrogen-bond acceptors (Lipinski definition) is 3. The van der Waals surface area contributed by atoms with Crippen molar-refractivity contribution in [2.75, 3.05) is 0 Å². The summed E-state index contributed by atoms with van der Waals surface area (Å²) in [5, 5.41) is 0.920. The Morgan fingerprint density at radius 2 is 1.20 bits per heavy atom. The maximum atomic E-state index is 12.2. The van der Waals surface area contributed by atoms with Crippen molar-refractivity contribution in [1.82, 2.24) is 0 Å². The highest BCUT2D eigenvalue weighted by Gasteiger charge is 2.24. The zero-order chi connectivity index (χ0) is 13.9. The lowest BCUT2D eigenvalue weighted by Gasteiger charge is -2.11. The first-order valence-electron chi connectivity index (χ1n) is 5.19.